The fourth-order valence-electron chi connectivity index (χ4n) is 2.86. The van der Waals surface area contributed by atoms with E-state index in [4.69, 9.17) is 10.2 Å². The third-order valence-corrected chi connectivity index (χ3v) is 4.14. The molecule has 0 heterocycles. The van der Waals surface area contributed by atoms with Crippen LogP contribution >= 0.6 is 0 Å². The maximum absolute atomic E-state index is 11.4. The molecule has 0 rings (SSSR count). The number of carboxylic acids is 4. The van der Waals surface area contributed by atoms with E-state index in [0.29, 0.717) is 12.8 Å². The summed E-state index contributed by atoms with van der Waals surface area (Å²) < 4.78 is 0. The van der Waals surface area contributed by atoms with Crippen molar-refractivity contribution < 1.29 is 39.6 Å². The van der Waals surface area contributed by atoms with Crippen molar-refractivity contribution in [2.45, 2.75) is 46.0 Å². The van der Waals surface area contributed by atoms with Crippen LogP contribution in [0.2, 0.25) is 0 Å². The number of unbranched alkanes of at least 4 members (excludes halogenated alkanes) is 1. The van der Waals surface area contributed by atoms with Gasteiger partial charge < -0.3 is 20.4 Å². The molecule has 8 nitrogen and oxygen atoms in total. The van der Waals surface area contributed by atoms with Crippen molar-refractivity contribution in [3.8, 4) is 0 Å². The summed E-state index contributed by atoms with van der Waals surface area (Å²) in [6.45, 7) is 3.36. The molecule has 4 N–H and O–H groups in total. The summed E-state index contributed by atoms with van der Waals surface area (Å²) in [4.78, 5) is 44.6. The molecule has 0 aliphatic heterocycles. The van der Waals surface area contributed by atoms with Crippen molar-refractivity contribution in [1.82, 2.24) is 0 Å². The first-order chi connectivity index (χ1) is 10.6. The average molecular weight is 332 g/mol. The Kier molecular flexibility index (Phi) is 8.90. The van der Waals surface area contributed by atoms with Gasteiger partial charge in [0, 0.05) is 0 Å². The molecule has 0 aliphatic rings. The van der Waals surface area contributed by atoms with E-state index in [1.165, 1.54) is 6.92 Å². The first-order valence-electron chi connectivity index (χ1n) is 7.50. The summed E-state index contributed by atoms with van der Waals surface area (Å²) in [5.41, 5.74) is 0. The highest BCUT2D eigenvalue weighted by Crippen LogP contribution is 2.35. The van der Waals surface area contributed by atoms with Gasteiger partial charge in [-0.25, -0.2) is 0 Å². The highest BCUT2D eigenvalue weighted by Gasteiger charge is 2.39. The van der Waals surface area contributed by atoms with Gasteiger partial charge in [0.15, 0.2) is 0 Å². The van der Waals surface area contributed by atoms with E-state index in [1.54, 1.807) is 0 Å². The summed E-state index contributed by atoms with van der Waals surface area (Å²) in [6.07, 6.45) is 0.439. The van der Waals surface area contributed by atoms with E-state index >= 15 is 0 Å². The van der Waals surface area contributed by atoms with Crippen molar-refractivity contribution in [1.29, 1.82) is 0 Å². The lowest BCUT2D eigenvalue weighted by Gasteiger charge is -2.32. The van der Waals surface area contributed by atoms with Gasteiger partial charge in [-0.2, -0.15) is 0 Å². The predicted molar refractivity (Wildman–Crippen MR) is 78.9 cm³/mol. The number of hydrogen-bond acceptors (Lipinski definition) is 4. The first kappa shape index (κ1) is 20.9. The molecule has 0 aromatic carbocycles. The molecular weight excluding hydrogens is 308 g/mol. The van der Waals surface area contributed by atoms with Crippen molar-refractivity contribution in [3.05, 3.63) is 0 Å². The normalized spacial score (nSPS) is 16.1. The standard InChI is InChI=1S/C15H24O8/c1-3-4-5-9(11(15(22)23)7-13(18)19)8(2)10(14(20)21)6-12(16)17/h8-11H,3-7H2,1-2H3,(H,16,17)(H,18,19)(H,20,21)(H,22,23). The molecule has 0 aliphatic carbocycles. The molecule has 0 bridgehead atoms. The zero-order chi connectivity index (χ0) is 18.2. The van der Waals surface area contributed by atoms with Gasteiger partial charge in [-0.15, -0.1) is 0 Å². The Labute approximate surface area is 134 Å². The van der Waals surface area contributed by atoms with Crippen molar-refractivity contribution >= 4 is 23.9 Å². The van der Waals surface area contributed by atoms with Crippen LogP contribution in [0.3, 0.4) is 0 Å². The monoisotopic (exact) mass is 332 g/mol. The molecule has 132 valence electrons. The van der Waals surface area contributed by atoms with Gasteiger partial charge in [0.1, 0.15) is 0 Å². The summed E-state index contributed by atoms with van der Waals surface area (Å²) >= 11 is 0. The van der Waals surface area contributed by atoms with Crippen LogP contribution in [-0.4, -0.2) is 44.3 Å². The third-order valence-electron chi connectivity index (χ3n) is 4.14. The lowest BCUT2D eigenvalue weighted by Crippen LogP contribution is -2.37. The minimum absolute atomic E-state index is 0.339. The van der Waals surface area contributed by atoms with Crippen LogP contribution in [0, 0.1) is 23.7 Å². The fraction of sp³-hybridized carbons (Fsp3) is 0.733. The van der Waals surface area contributed by atoms with Crippen LogP contribution in [0.25, 0.3) is 0 Å². The molecule has 4 unspecified atom stereocenters. The lowest BCUT2D eigenvalue weighted by molar-refractivity contribution is -0.155. The molecule has 0 amide bonds. The van der Waals surface area contributed by atoms with Crippen LogP contribution in [0.5, 0.6) is 0 Å². The zero-order valence-electron chi connectivity index (χ0n) is 13.3. The van der Waals surface area contributed by atoms with Crippen LogP contribution < -0.4 is 0 Å². The minimum atomic E-state index is -1.32. The number of carbonyl (C=O) groups is 4. The summed E-state index contributed by atoms with van der Waals surface area (Å²) in [5, 5.41) is 36.3. The van der Waals surface area contributed by atoms with Crippen molar-refractivity contribution in [2.75, 3.05) is 0 Å². The van der Waals surface area contributed by atoms with E-state index in [0.717, 1.165) is 6.42 Å². The van der Waals surface area contributed by atoms with Gasteiger partial charge in [0.25, 0.3) is 0 Å². The fourth-order valence-corrected chi connectivity index (χ4v) is 2.86. The van der Waals surface area contributed by atoms with Gasteiger partial charge in [0.2, 0.25) is 0 Å². The maximum atomic E-state index is 11.4. The molecule has 4 atom stereocenters. The van der Waals surface area contributed by atoms with Gasteiger partial charge in [-0.3, -0.25) is 19.2 Å². The van der Waals surface area contributed by atoms with Gasteiger partial charge in [-0.1, -0.05) is 26.7 Å². The molecule has 0 aromatic rings. The smallest absolute Gasteiger partial charge is 0.307 e. The van der Waals surface area contributed by atoms with Crippen molar-refractivity contribution in [2.24, 2.45) is 23.7 Å². The maximum Gasteiger partial charge on any atom is 0.307 e. The molecule has 8 heteroatoms. The Morgan fingerprint density at radius 3 is 1.61 bits per heavy atom. The Bertz CT molecular complexity index is 445. The van der Waals surface area contributed by atoms with Gasteiger partial charge in [-0.05, 0) is 18.3 Å². The largest absolute Gasteiger partial charge is 0.481 e. The van der Waals surface area contributed by atoms with Crippen LogP contribution in [0.1, 0.15) is 46.0 Å². The summed E-state index contributed by atoms with van der Waals surface area (Å²) in [5.74, 6) is -9.19. The second-order valence-corrected chi connectivity index (χ2v) is 5.75. The van der Waals surface area contributed by atoms with Gasteiger partial charge >= 0.3 is 23.9 Å². The number of aliphatic carboxylic acids is 4. The van der Waals surface area contributed by atoms with Crippen molar-refractivity contribution in [3.63, 3.8) is 0 Å². The molecule has 0 radical (unpaired) electrons. The molecule has 23 heavy (non-hydrogen) atoms. The Morgan fingerprint density at radius 2 is 1.26 bits per heavy atom. The summed E-state index contributed by atoms with van der Waals surface area (Å²) in [6, 6.07) is 0. The Morgan fingerprint density at radius 1 is 0.826 bits per heavy atom. The SMILES string of the molecule is CCCCC(C(CC(=O)O)C(=O)O)C(C)C(CC(=O)O)C(=O)O. The van der Waals surface area contributed by atoms with E-state index in [2.05, 4.69) is 0 Å². The first-order valence-corrected chi connectivity index (χ1v) is 7.50. The summed E-state index contributed by atoms with van der Waals surface area (Å²) in [7, 11) is 0. The van der Waals surface area contributed by atoms with Crippen LogP contribution in [0.15, 0.2) is 0 Å². The molecule has 0 saturated carbocycles. The molecule has 0 aromatic heterocycles. The molecule has 0 saturated heterocycles. The predicted octanol–water partition coefficient (Wildman–Crippen LogP) is 1.78. The molecule has 0 fully saturated rings. The van der Waals surface area contributed by atoms with Crippen LogP contribution in [0.4, 0.5) is 0 Å². The molecular formula is C15H24O8. The molecule has 0 spiro atoms. The second-order valence-electron chi connectivity index (χ2n) is 5.75. The van der Waals surface area contributed by atoms with E-state index < -0.39 is 60.4 Å². The quantitative estimate of drug-likeness (QED) is 0.422. The van der Waals surface area contributed by atoms with E-state index in [9.17, 15) is 29.4 Å². The third kappa shape index (κ3) is 7.12. The topological polar surface area (TPSA) is 149 Å². The minimum Gasteiger partial charge on any atom is -0.481 e. The Hall–Kier alpha value is -2.12. The van der Waals surface area contributed by atoms with Crippen LogP contribution in [-0.2, 0) is 19.2 Å². The highest BCUT2D eigenvalue weighted by atomic mass is 16.4. The number of carboxylic acid groups (broad SMARTS) is 4. The number of hydrogen-bond donors (Lipinski definition) is 4. The van der Waals surface area contributed by atoms with E-state index in [-0.39, 0.29) is 0 Å². The second kappa shape index (κ2) is 9.81. The number of rotatable bonds is 12. The highest BCUT2D eigenvalue weighted by molar-refractivity contribution is 5.79. The van der Waals surface area contributed by atoms with Gasteiger partial charge in [0.05, 0.1) is 24.7 Å². The lowest BCUT2D eigenvalue weighted by atomic mass is 9.71. The zero-order valence-corrected chi connectivity index (χ0v) is 13.3. The van der Waals surface area contributed by atoms with E-state index in [1.807, 2.05) is 6.92 Å². The average Bonchev–Trinajstić information content (AvgIpc) is 2.42. The Balaban J connectivity index is 5.53.